The molecule has 2 aromatic carbocycles. The summed E-state index contributed by atoms with van der Waals surface area (Å²) in [4.78, 5) is 35.8. The number of carboxylic acids is 1. The molecule has 3 N–H and O–H groups in total. The van der Waals surface area contributed by atoms with Gasteiger partial charge in [0, 0.05) is 18.9 Å². The van der Waals surface area contributed by atoms with E-state index in [0.29, 0.717) is 0 Å². The molecule has 0 fully saturated rings. The SMILES string of the molecule is CCC(C)(NC(=O)CC(C)CNC(=O)OCC1c2ccccc2-c2ccccc21)C(=O)O. The Balaban J connectivity index is 1.49. The molecule has 2 aromatic rings. The molecule has 7 heteroatoms. The van der Waals surface area contributed by atoms with Crippen LogP contribution in [0.5, 0.6) is 0 Å². The average molecular weight is 439 g/mol. The molecular weight excluding hydrogens is 408 g/mol. The molecule has 0 heterocycles. The van der Waals surface area contributed by atoms with Gasteiger partial charge >= 0.3 is 12.1 Å². The largest absolute Gasteiger partial charge is 0.480 e. The maximum atomic E-state index is 12.3. The highest BCUT2D eigenvalue weighted by Gasteiger charge is 2.33. The molecule has 2 amide bonds. The van der Waals surface area contributed by atoms with Gasteiger partial charge in [-0.05, 0) is 41.5 Å². The number of nitrogens with one attached hydrogen (secondary N) is 2. The predicted octanol–water partition coefficient (Wildman–Crippen LogP) is 3.92. The summed E-state index contributed by atoms with van der Waals surface area (Å²) in [5.74, 6) is -1.62. The fraction of sp³-hybridized carbons (Fsp3) is 0.400. The Labute approximate surface area is 188 Å². The van der Waals surface area contributed by atoms with Crippen LogP contribution in [0.1, 0.15) is 50.7 Å². The first-order valence-electron chi connectivity index (χ1n) is 10.9. The topological polar surface area (TPSA) is 105 Å². The molecule has 32 heavy (non-hydrogen) atoms. The van der Waals surface area contributed by atoms with E-state index in [1.165, 1.54) is 6.92 Å². The van der Waals surface area contributed by atoms with E-state index >= 15 is 0 Å². The zero-order chi connectivity index (χ0) is 23.3. The van der Waals surface area contributed by atoms with Gasteiger partial charge < -0.3 is 20.5 Å². The quantitative estimate of drug-likeness (QED) is 0.550. The molecule has 1 aliphatic carbocycles. The molecule has 3 rings (SSSR count). The van der Waals surface area contributed by atoms with Crippen LogP contribution in [-0.2, 0) is 14.3 Å². The Morgan fingerprint density at radius 3 is 2.16 bits per heavy atom. The summed E-state index contributed by atoms with van der Waals surface area (Å²) in [5, 5.41) is 14.5. The van der Waals surface area contributed by atoms with Gasteiger partial charge in [-0.3, -0.25) is 4.79 Å². The standard InChI is InChI=1S/C25H30N2O5/c1-4-25(3,23(29)30)27-22(28)13-16(2)14-26-24(31)32-15-21-19-11-7-5-9-17(19)18-10-6-8-12-20(18)21/h5-12,16,21H,4,13-15H2,1-3H3,(H,26,31)(H,27,28)(H,29,30). The second kappa shape index (κ2) is 9.85. The van der Waals surface area contributed by atoms with E-state index in [9.17, 15) is 19.5 Å². The molecule has 0 aliphatic heterocycles. The van der Waals surface area contributed by atoms with Gasteiger partial charge in [-0.25, -0.2) is 9.59 Å². The number of hydrogen-bond acceptors (Lipinski definition) is 4. The van der Waals surface area contributed by atoms with Crippen molar-refractivity contribution >= 4 is 18.0 Å². The third-order valence-electron chi connectivity index (χ3n) is 6.07. The summed E-state index contributed by atoms with van der Waals surface area (Å²) in [6, 6.07) is 16.2. The van der Waals surface area contributed by atoms with E-state index in [1.807, 2.05) is 31.2 Å². The molecule has 0 aromatic heterocycles. The summed E-state index contributed by atoms with van der Waals surface area (Å²) >= 11 is 0. The summed E-state index contributed by atoms with van der Waals surface area (Å²) < 4.78 is 5.50. The Morgan fingerprint density at radius 1 is 1.06 bits per heavy atom. The van der Waals surface area contributed by atoms with Crippen molar-refractivity contribution in [3.8, 4) is 11.1 Å². The number of rotatable bonds is 9. The van der Waals surface area contributed by atoms with Crippen LogP contribution in [0.15, 0.2) is 48.5 Å². The highest BCUT2D eigenvalue weighted by Crippen LogP contribution is 2.44. The molecule has 0 saturated heterocycles. The lowest BCUT2D eigenvalue weighted by Crippen LogP contribution is -2.52. The predicted molar refractivity (Wildman–Crippen MR) is 121 cm³/mol. The average Bonchev–Trinajstić information content (AvgIpc) is 3.09. The van der Waals surface area contributed by atoms with Gasteiger partial charge in [0.1, 0.15) is 12.1 Å². The smallest absolute Gasteiger partial charge is 0.407 e. The summed E-state index contributed by atoms with van der Waals surface area (Å²) in [5.41, 5.74) is 3.32. The molecule has 0 saturated carbocycles. The third kappa shape index (κ3) is 5.10. The van der Waals surface area contributed by atoms with Gasteiger partial charge in [-0.15, -0.1) is 0 Å². The van der Waals surface area contributed by atoms with Crippen LogP contribution in [-0.4, -0.2) is 41.8 Å². The van der Waals surface area contributed by atoms with Crippen molar-refractivity contribution in [3.63, 3.8) is 0 Å². The van der Waals surface area contributed by atoms with Gasteiger partial charge in [0.15, 0.2) is 0 Å². The van der Waals surface area contributed by atoms with Crippen molar-refractivity contribution < 1.29 is 24.2 Å². The number of carboxylic acid groups (broad SMARTS) is 1. The van der Waals surface area contributed by atoms with Crippen molar-refractivity contribution in [2.24, 2.45) is 5.92 Å². The van der Waals surface area contributed by atoms with Gasteiger partial charge in [-0.1, -0.05) is 62.4 Å². The number of hydrogen-bond donors (Lipinski definition) is 3. The minimum Gasteiger partial charge on any atom is -0.480 e. The van der Waals surface area contributed by atoms with Crippen molar-refractivity contribution in [2.75, 3.05) is 13.2 Å². The Bertz CT molecular complexity index is 960. The molecule has 170 valence electrons. The Hall–Kier alpha value is -3.35. The normalized spacial score (nSPS) is 15.1. The van der Waals surface area contributed by atoms with Crippen molar-refractivity contribution in [3.05, 3.63) is 59.7 Å². The second-order valence-corrected chi connectivity index (χ2v) is 8.55. The number of fused-ring (bicyclic) bond motifs is 3. The minimum atomic E-state index is -1.29. The van der Waals surface area contributed by atoms with E-state index < -0.39 is 17.6 Å². The van der Waals surface area contributed by atoms with E-state index in [-0.39, 0.29) is 43.7 Å². The van der Waals surface area contributed by atoms with Crippen LogP contribution < -0.4 is 10.6 Å². The molecule has 1 aliphatic rings. The van der Waals surface area contributed by atoms with E-state index in [1.54, 1.807) is 6.92 Å². The summed E-state index contributed by atoms with van der Waals surface area (Å²) in [6.45, 7) is 5.47. The number of amides is 2. The maximum absolute atomic E-state index is 12.3. The van der Waals surface area contributed by atoms with Gasteiger partial charge in [0.2, 0.25) is 5.91 Å². The van der Waals surface area contributed by atoms with Crippen LogP contribution in [0.3, 0.4) is 0 Å². The van der Waals surface area contributed by atoms with Crippen LogP contribution in [0.2, 0.25) is 0 Å². The van der Waals surface area contributed by atoms with Crippen LogP contribution in [0, 0.1) is 5.92 Å². The van der Waals surface area contributed by atoms with E-state index in [2.05, 4.69) is 34.9 Å². The number of carbonyl (C=O) groups excluding carboxylic acids is 2. The molecule has 0 spiro atoms. The van der Waals surface area contributed by atoms with E-state index in [0.717, 1.165) is 22.3 Å². The molecular formula is C25H30N2O5. The third-order valence-corrected chi connectivity index (χ3v) is 6.07. The number of ether oxygens (including phenoxy) is 1. The zero-order valence-corrected chi connectivity index (χ0v) is 18.7. The first-order valence-corrected chi connectivity index (χ1v) is 10.9. The molecule has 0 bridgehead atoms. The van der Waals surface area contributed by atoms with Crippen molar-refractivity contribution in [1.82, 2.24) is 10.6 Å². The van der Waals surface area contributed by atoms with Crippen LogP contribution in [0.25, 0.3) is 11.1 Å². The summed E-state index contributed by atoms with van der Waals surface area (Å²) in [6.07, 6.45) is -0.157. The van der Waals surface area contributed by atoms with Gasteiger partial charge in [0.05, 0.1) is 0 Å². The Kier molecular flexibility index (Phi) is 7.18. The lowest BCUT2D eigenvalue weighted by atomic mass is 9.98. The molecule has 2 unspecified atom stereocenters. The number of aliphatic carboxylic acids is 1. The number of benzene rings is 2. The monoisotopic (exact) mass is 438 g/mol. The van der Waals surface area contributed by atoms with Gasteiger partial charge in [0.25, 0.3) is 0 Å². The number of alkyl carbamates (subject to hydrolysis) is 1. The second-order valence-electron chi connectivity index (χ2n) is 8.55. The maximum Gasteiger partial charge on any atom is 0.407 e. The zero-order valence-electron chi connectivity index (χ0n) is 18.7. The lowest BCUT2D eigenvalue weighted by molar-refractivity contribution is -0.147. The van der Waals surface area contributed by atoms with Gasteiger partial charge in [-0.2, -0.15) is 0 Å². The van der Waals surface area contributed by atoms with Crippen molar-refractivity contribution in [1.29, 1.82) is 0 Å². The van der Waals surface area contributed by atoms with Crippen LogP contribution in [0.4, 0.5) is 4.79 Å². The molecule has 0 radical (unpaired) electrons. The lowest BCUT2D eigenvalue weighted by Gasteiger charge is -2.25. The number of carbonyl (C=O) groups is 3. The van der Waals surface area contributed by atoms with Crippen LogP contribution >= 0.6 is 0 Å². The fourth-order valence-corrected chi connectivity index (χ4v) is 3.95. The fourth-order valence-electron chi connectivity index (χ4n) is 3.95. The highest BCUT2D eigenvalue weighted by atomic mass is 16.5. The summed E-state index contributed by atoms with van der Waals surface area (Å²) in [7, 11) is 0. The first-order chi connectivity index (χ1) is 15.2. The minimum absolute atomic E-state index is 0.0147. The molecule has 7 nitrogen and oxygen atoms in total. The van der Waals surface area contributed by atoms with E-state index in [4.69, 9.17) is 4.74 Å². The van der Waals surface area contributed by atoms with Crippen molar-refractivity contribution in [2.45, 2.75) is 45.1 Å². The Morgan fingerprint density at radius 2 is 1.62 bits per heavy atom. The molecule has 2 atom stereocenters. The highest BCUT2D eigenvalue weighted by molar-refractivity contribution is 5.86. The first kappa shape index (κ1) is 23.3.